The van der Waals surface area contributed by atoms with Crippen molar-refractivity contribution < 1.29 is 5.11 Å². The van der Waals surface area contributed by atoms with Crippen LogP contribution >= 0.6 is 0 Å². The standard InChI is InChI=1S/C18H22N6O/c19-18-22-15(11-13-12-21-16-14(13)5-3-6-20-16)17(25)24(18)10-4-9-23-7-1-2-8-23/h3,5-6,11-12,25H,1-2,4,7-10H2,(H2,19,22). The zero-order valence-corrected chi connectivity index (χ0v) is 14.1. The number of anilines is 1. The van der Waals surface area contributed by atoms with Gasteiger partial charge < -0.3 is 15.7 Å². The quantitative estimate of drug-likeness (QED) is 0.873. The maximum Gasteiger partial charge on any atom is 0.220 e. The first-order valence-corrected chi connectivity index (χ1v) is 8.71. The highest BCUT2D eigenvalue weighted by molar-refractivity contribution is 6.20. The molecule has 0 unspecified atom stereocenters. The molecule has 130 valence electrons. The lowest BCUT2D eigenvalue weighted by Gasteiger charge is -2.14. The number of nitrogens with zero attached hydrogens (tertiary/aromatic N) is 5. The highest BCUT2D eigenvalue weighted by Crippen LogP contribution is 2.32. The Morgan fingerprint density at radius 2 is 2.08 bits per heavy atom. The minimum Gasteiger partial charge on any atom is -0.493 e. The Morgan fingerprint density at radius 3 is 2.92 bits per heavy atom. The van der Waals surface area contributed by atoms with Crippen LogP contribution in [-0.2, 0) is 6.54 Å². The summed E-state index contributed by atoms with van der Waals surface area (Å²) in [6, 6.07) is 3.82. The van der Waals surface area contributed by atoms with E-state index < -0.39 is 0 Å². The number of aromatic nitrogens is 3. The lowest BCUT2D eigenvalue weighted by molar-refractivity contribution is 0.320. The van der Waals surface area contributed by atoms with Gasteiger partial charge in [0.15, 0.2) is 5.82 Å². The van der Waals surface area contributed by atoms with Gasteiger partial charge >= 0.3 is 0 Å². The van der Waals surface area contributed by atoms with Gasteiger partial charge in [-0.2, -0.15) is 0 Å². The molecule has 0 radical (unpaired) electrons. The maximum atomic E-state index is 10.5. The van der Waals surface area contributed by atoms with Crippen LogP contribution in [0.2, 0.25) is 0 Å². The zero-order chi connectivity index (χ0) is 17.2. The van der Waals surface area contributed by atoms with Gasteiger partial charge in [0.1, 0.15) is 5.69 Å². The van der Waals surface area contributed by atoms with Gasteiger partial charge in [-0.3, -0.25) is 4.57 Å². The summed E-state index contributed by atoms with van der Waals surface area (Å²) in [6.45, 7) is 4.04. The Balaban J connectivity index is 1.50. The smallest absolute Gasteiger partial charge is 0.220 e. The summed E-state index contributed by atoms with van der Waals surface area (Å²) < 4.78 is 1.68. The van der Waals surface area contributed by atoms with Crippen LogP contribution in [0.1, 0.15) is 30.5 Å². The first kappa shape index (κ1) is 15.8. The van der Waals surface area contributed by atoms with Crippen LogP contribution in [0.25, 0.3) is 11.6 Å². The van der Waals surface area contributed by atoms with Gasteiger partial charge in [0, 0.05) is 30.1 Å². The van der Waals surface area contributed by atoms with E-state index in [9.17, 15) is 5.11 Å². The van der Waals surface area contributed by atoms with E-state index in [1.54, 1.807) is 23.1 Å². The van der Waals surface area contributed by atoms with Crippen molar-refractivity contribution in [1.29, 1.82) is 0 Å². The van der Waals surface area contributed by atoms with E-state index in [1.165, 1.54) is 25.9 Å². The van der Waals surface area contributed by atoms with Gasteiger partial charge in [-0.1, -0.05) is 0 Å². The van der Waals surface area contributed by atoms with Crippen molar-refractivity contribution >= 4 is 29.6 Å². The topological polar surface area (TPSA) is 92.6 Å². The monoisotopic (exact) mass is 338 g/mol. The number of nitrogen functional groups attached to an aromatic ring is 1. The molecule has 4 rings (SSSR count). The molecule has 0 aliphatic carbocycles. The van der Waals surface area contributed by atoms with E-state index in [4.69, 9.17) is 5.73 Å². The number of pyridine rings is 1. The molecule has 0 aromatic carbocycles. The van der Waals surface area contributed by atoms with Crippen LogP contribution in [0, 0.1) is 0 Å². The van der Waals surface area contributed by atoms with E-state index in [-0.39, 0.29) is 5.88 Å². The molecule has 1 fully saturated rings. The molecule has 2 aromatic heterocycles. The second-order valence-corrected chi connectivity index (χ2v) is 6.47. The van der Waals surface area contributed by atoms with Gasteiger partial charge in [0.05, 0.1) is 0 Å². The van der Waals surface area contributed by atoms with E-state index in [0.29, 0.717) is 24.0 Å². The van der Waals surface area contributed by atoms with E-state index in [1.807, 2.05) is 12.1 Å². The number of rotatable bonds is 5. The van der Waals surface area contributed by atoms with Crippen LogP contribution < -0.4 is 5.73 Å². The summed E-state index contributed by atoms with van der Waals surface area (Å²) in [4.78, 5) is 15.3. The predicted octanol–water partition coefficient (Wildman–Crippen LogP) is 2.31. The highest BCUT2D eigenvalue weighted by Gasteiger charge is 2.18. The molecular weight excluding hydrogens is 316 g/mol. The first-order valence-electron chi connectivity index (χ1n) is 8.71. The number of aliphatic imine (C=N–C) groups is 1. The molecule has 7 heteroatoms. The number of likely N-dealkylation sites (tertiary alicyclic amines) is 1. The largest absolute Gasteiger partial charge is 0.493 e. The van der Waals surface area contributed by atoms with Crippen molar-refractivity contribution in [3.05, 3.63) is 29.6 Å². The second kappa shape index (κ2) is 6.68. The lowest BCUT2D eigenvalue weighted by Crippen LogP contribution is -2.21. The Morgan fingerprint density at radius 1 is 1.24 bits per heavy atom. The average Bonchev–Trinajstić information content (AvgIpc) is 3.32. The minimum atomic E-state index is 0.108. The number of hydrogen-bond acceptors (Lipinski definition) is 6. The molecule has 7 nitrogen and oxygen atoms in total. The third-order valence-corrected chi connectivity index (χ3v) is 4.77. The number of fused-ring (bicyclic) bond motifs is 1. The highest BCUT2D eigenvalue weighted by atomic mass is 16.3. The SMILES string of the molecule is Nc1nc(C=C2C=Nc3ncccc32)c(O)n1CCCN1CCCC1. The fourth-order valence-corrected chi connectivity index (χ4v) is 3.44. The number of nitrogens with two attached hydrogens (primary N) is 1. The van der Waals surface area contributed by atoms with Crippen LogP contribution in [0.5, 0.6) is 5.88 Å². The summed E-state index contributed by atoms with van der Waals surface area (Å²) >= 11 is 0. The Labute approximate surface area is 146 Å². The average molecular weight is 338 g/mol. The molecule has 0 amide bonds. The predicted molar refractivity (Wildman–Crippen MR) is 98.9 cm³/mol. The van der Waals surface area contributed by atoms with Gasteiger partial charge in [0.2, 0.25) is 11.8 Å². The fourth-order valence-electron chi connectivity index (χ4n) is 3.44. The minimum absolute atomic E-state index is 0.108. The maximum absolute atomic E-state index is 10.5. The van der Waals surface area contributed by atoms with Gasteiger partial charge in [-0.05, 0) is 57.1 Å². The summed E-state index contributed by atoms with van der Waals surface area (Å²) in [5.41, 5.74) is 8.29. The molecule has 0 saturated carbocycles. The summed E-state index contributed by atoms with van der Waals surface area (Å²) in [5.74, 6) is 1.13. The van der Waals surface area contributed by atoms with Crippen molar-refractivity contribution in [2.75, 3.05) is 25.4 Å². The molecule has 2 aliphatic rings. The van der Waals surface area contributed by atoms with Crippen molar-refractivity contribution in [3.63, 3.8) is 0 Å². The third kappa shape index (κ3) is 3.15. The molecule has 2 aromatic rings. The number of hydrogen-bond donors (Lipinski definition) is 2. The summed E-state index contributed by atoms with van der Waals surface area (Å²) in [6.07, 6.45) is 8.77. The van der Waals surface area contributed by atoms with Crippen LogP contribution in [0.15, 0.2) is 23.3 Å². The van der Waals surface area contributed by atoms with E-state index >= 15 is 0 Å². The summed E-state index contributed by atoms with van der Waals surface area (Å²) in [7, 11) is 0. The van der Waals surface area contributed by atoms with Crippen LogP contribution in [0.3, 0.4) is 0 Å². The third-order valence-electron chi connectivity index (χ3n) is 4.77. The van der Waals surface area contributed by atoms with Gasteiger partial charge in [-0.25, -0.2) is 15.0 Å². The van der Waals surface area contributed by atoms with E-state index in [0.717, 1.165) is 24.1 Å². The Kier molecular flexibility index (Phi) is 4.23. The van der Waals surface area contributed by atoms with Crippen molar-refractivity contribution in [2.45, 2.75) is 25.8 Å². The van der Waals surface area contributed by atoms with Crippen molar-refractivity contribution in [2.24, 2.45) is 4.99 Å². The first-order chi connectivity index (χ1) is 12.2. The number of imidazole rings is 1. The van der Waals surface area contributed by atoms with Crippen molar-refractivity contribution in [3.8, 4) is 5.88 Å². The Hall–Kier alpha value is -2.67. The number of allylic oxidation sites excluding steroid dienone is 1. The zero-order valence-electron chi connectivity index (χ0n) is 14.1. The van der Waals surface area contributed by atoms with Gasteiger partial charge in [0.25, 0.3) is 0 Å². The molecule has 4 heterocycles. The Bertz CT molecular complexity index is 832. The van der Waals surface area contributed by atoms with Crippen molar-refractivity contribution in [1.82, 2.24) is 19.4 Å². The summed E-state index contributed by atoms with van der Waals surface area (Å²) in [5, 5.41) is 10.5. The molecule has 25 heavy (non-hydrogen) atoms. The second-order valence-electron chi connectivity index (χ2n) is 6.47. The molecule has 2 aliphatic heterocycles. The molecule has 0 bridgehead atoms. The van der Waals surface area contributed by atoms with Crippen LogP contribution in [-0.4, -0.2) is 50.4 Å². The molecule has 0 spiro atoms. The number of aromatic hydroxyl groups is 1. The van der Waals surface area contributed by atoms with Crippen LogP contribution in [0.4, 0.5) is 11.8 Å². The normalized spacial score (nSPS) is 18.3. The fraction of sp³-hybridized carbons (Fsp3) is 0.389. The van der Waals surface area contributed by atoms with Gasteiger partial charge in [-0.15, -0.1) is 0 Å². The van der Waals surface area contributed by atoms with E-state index in [2.05, 4.69) is 19.9 Å². The molecule has 0 atom stereocenters. The molecule has 3 N–H and O–H groups in total. The lowest BCUT2D eigenvalue weighted by atomic mass is 10.1. The molecule has 1 saturated heterocycles. The molecular formula is C18H22N6O.